The molecule has 1 aromatic carbocycles. The quantitative estimate of drug-likeness (QED) is 0.776. The molecule has 0 saturated carbocycles. The van der Waals surface area contributed by atoms with Crippen LogP contribution in [0, 0.1) is 0 Å². The molecule has 80 valence electrons. The zero-order valence-corrected chi connectivity index (χ0v) is 8.97. The zero-order chi connectivity index (χ0) is 10.7. The average Bonchev–Trinajstić information content (AvgIpc) is 2.29. The molecule has 2 rings (SSSR count). The first kappa shape index (κ1) is 10.0. The molecular weight excluding hydrogens is 188 g/mol. The number of rotatable bonds is 2. The Morgan fingerprint density at radius 2 is 2.40 bits per heavy atom. The van der Waals surface area contributed by atoms with Crippen LogP contribution in [0.2, 0.25) is 0 Å². The van der Waals surface area contributed by atoms with Crippen LogP contribution in [0.1, 0.15) is 25.3 Å². The van der Waals surface area contributed by atoms with Gasteiger partial charge in [-0.15, -0.1) is 0 Å². The van der Waals surface area contributed by atoms with E-state index in [0.717, 1.165) is 25.1 Å². The fourth-order valence-corrected chi connectivity index (χ4v) is 1.80. The molecule has 0 atom stereocenters. The molecule has 0 unspecified atom stereocenters. The summed E-state index contributed by atoms with van der Waals surface area (Å²) in [5, 5.41) is 6.22. The SMILES string of the molecule is CCC(=O)Nc1ccc2c(c1)CCCN2. The van der Waals surface area contributed by atoms with E-state index >= 15 is 0 Å². The minimum Gasteiger partial charge on any atom is -0.385 e. The van der Waals surface area contributed by atoms with Crippen LogP contribution in [-0.4, -0.2) is 12.5 Å². The smallest absolute Gasteiger partial charge is 0.224 e. The molecule has 1 heterocycles. The van der Waals surface area contributed by atoms with Crippen molar-refractivity contribution in [2.24, 2.45) is 0 Å². The van der Waals surface area contributed by atoms with Crippen LogP contribution in [-0.2, 0) is 11.2 Å². The van der Waals surface area contributed by atoms with Crippen LogP contribution in [0.25, 0.3) is 0 Å². The number of fused-ring (bicyclic) bond motifs is 1. The molecule has 0 spiro atoms. The molecule has 0 fully saturated rings. The van der Waals surface area contributed by atoms with Gasteiger partial charge in [0.05, 0.1) is 0 Å². The van der Waals surface area contributed by atoms with Crippen molar-refractivity contribution in [3.05, 3.63) is 23.8 Å². The van der Waals surface area contributed by atoms with E-state index in [1.54, 1.807) is 0 Å². The number of aryl methyl sites for hydroxylation is 1. The first-order valence-corrected chi connectivity index (χ1v) is 5.46. The number of anilines is 2. The first-order chi connectivity index (χ1) is 7.29. The van der Waals surface area contributed by atoms with Gasteiger partial charge in [0, 0.05) is 24.3 Å². The van der Waals surface area contributed by atoms with Crippen molar-refractivity contribution in [3.63, 3.8) is 0 Å². The second-order valence-corrected chi connectivity index (χ2v) is 3.80. The molecule has 1 aliphatic heterocycles. The van der Waals surface area contributed by atoms with Crippen molar-refractivity contribution in [2.75, 3.05) is 17.2 Å². The summed E-state index contributed by atoms with van der Waals surface area (Å²) in [5.74, 6) is 0.0683. The highest BCUT2D eigenvalue weighted by Gasteiger charge is 2.09. The van der Waals surface area contributed by atoms with E-state index in [1.165, 1.54) is 11.3 Å². The van der Waals surface area contributed by atoms with Crippen molar-refractivity contribution >= 4 is 17.3 Å². The lowest BCUT2D eigenvalue weighted by Crippen LogP contribution is -2.13. The standard InChI is InChI=1S/C12H16N2O/c1-2-12(15)14-10-5-6-11-9(8-10)4-3-7-13-11/h5-6,8,13H,2-4,7H2,1H3,(H,14,15). The van der Waals surface area contributed by atoms with Gasteiger partial charge in [-0.2, -0.15) is 0 Å². The Balaban J connectivity index is 2.17. The Bertz CT molecular complexity index is 374. The highest BCUT2D eigenvalue weighted by atomic mass is 16.1. The van der Waals surface area contributed by atoms with E-state index in [4.69, 9.17) is 0 Å². The van der Waals surface area contributed by atoms with Gasteiger partial charge < -0.3 is 10.6 Å². The largest absolute Gasteiger partial charge is 0.385 e. The van der Waals surface area contributed by atoms with Crippen molar-refractivity contribution < 1.29 is 4.79 Å². The van der Waals surface area contributed by atoms with E-state index in [-0.39, 0.29) is 5.91 Å². The number of nitrogens with one attached hydrogen (secondary N) is 2. The number of amides is 1. The molecule has 3 nitrogen and oxygen atoms in total. The molecule has 3 heteroatoms. The third-order valence-corrected chi connectivity index (χ3v) is 2.65. The summed E-state index contributed by atoms with van der Waals surface area (Å²) in [7, 11) is 0. The van der Waals surface area contributed by atoms with E-state index < -0.39 is 0 Å². The van der Waals surface area contributed by atoms with Gasteiger partial charge in [0.25, 0.3) is 0 Å². The summed E-state index contributed by atoms with van der Waals surface area (Å²) >= 11 is 0. The Morgan fingerprint density at radius 3 is 3.20 bits per heavy atom. The maximum absolute atomic E-state index is 11.2. The van der Waals surface area contributed by atoms with Crippen LogP contribution < -0.4 is 10.6 Å². The van der Waals surface area contributed by atoms with Gasteiger partial charge in [-0.05, 0) is 36.6 Å². The Morgan fingerprint density at radius 1 is 1.53 bits per heavy atom. The van der Waals surface area contributed by atoms with Crippen LogP contribution in [0.15, 0.2) is 18.2 Å². The second kappa shape index (κ2) is 4.34. The van der Waals surface area contributed by atoms with Crippen LogP contribution >= 0.6 is 0 Å². The Hall–Kier alpha value is -1.51. The van der Waals surface area contributed by atoms with Gasteiger partial charge in [0.1, 0.15) is 0 Å². The lowest BCUT2D eigenvalue weighted by molar-refractivity contribution is -0.115. The number of carbonyl (C=O) groups excluding carboxylic acids is 1. The monoisotopic (exact) mass is 204 g/mol. The molecule has 1 aromatic rings. The Labute approximate surface area is 89.9 Å². The Kier molecular flexibility index (Phi) is 2.90. The maximum Gasteiger partial charge on any atom is 0.224 e. The van der Waals surface area contributed by atoms with E-state index in [9.17, 15) is 4.79 Å². The molecule has 0 saturated heterocycles. The fraction of sp³-hybridized carbons (Fsp3) is 0.417. The van der Waals surface area contributed by atoms with Crippen molar-refractivity contribution in [1.82, 2.24) is 0 Å². The number of hydrogen-bond donors (Lipinski definition) is 2. The van der Waals surface area contributed by atoms with Crippen LogP contribution in [0.4, 0.5) is 11.4 Å². The van der Waals surface area contributed by atoms with Crippen molar-refractivity contribution in [3.8, 4) is 0 Å². The third kappa shape index (κ3) is 2.29. The summed E-state index contributed by atoms with van der Waals surface area (Å²) in [5.41, 5.74) is 3.41. The molecule has 2 N–H and O–H groups in total. The zero-order valence-electron chi connectivity index (χ0n) is 8.97. The molecule has 0 bridgehead atoms. The topological polar surface area (TPSA) is 41.1 Å². The highest BCUT2D eigenvalue weighted by Crippen LogP contribution is 2.25. The number of carbonyl (C=O) groups is 1. The fourth-order valence-electron chi connectivity index (χ4n) is 1.80. The van der Waals surface area contributed by atoms with Gasteiger partial charge in [0.2, 0.25) is 5.91 Å². The summed E-state index contributed by atoms with van der Waals surface area (Å²) in [6, 6.07) is 6.06. The van der Waals surface area contributed by atoms with E-state index in [1.807, 2.05) is 19.1 Å². The van der Waals surface area contributed by atoms with Crippen molar-refractivity contribution in [1.29, 1.82) is 0 Å². The minimum absolute atomic E-state index is 0.0683. The van der Waals surface area contributed by atoms with Gasteiger partial charge in [0.15, 0.2) is 0 Å². The molecule has 15 heavy (non-hydrogen) atoms. The van der Waals surface area contributed by atoms with Crippen LogP contribution in [0.5, 0.6) is 0 Å². The molecule has 1 amide bonds. The van der Waals surface area contributed by atoms with Crippen molar-refractivity contribution in [2.45, 2.75) is 26.2 Å². The number of benzene rings is 1. The molecule has 1 aliphatic rings. The first-order valence-electron chi connectivity index (χ1n) is 5.46. The average molecular weight is 204 g/mol. The molecule has 0 aliphatic carbocycles. The van der Waals surface area contributed by atoms with Crippen LogP contribution in [0.3, 0.4) is 0 Å². The molecule has 0 aromatic heterocycles. The summed E-state index contributed by atoms with van der Waals surface area (Å²) in [6.07, 6.45) is 2.78. The lowest BCUT2D eigenvalue weighted by Gasteiger charge is -2.18. The van der Waals surface area contributed by atoms with E-state index in [2.05, 4.69) is 16.7 Å². The predicted octanol–water partition coefficient (Wildman–Crippen LogP) is 2.39. The minimum atomic E-state index is 0.0683. The van der Waals surface area contributed by atoms with Gasteiger partial charge in [-0.25, -0.2) is 0 Å². The number of hydrogen-bond acceptors (Lipinski definition) is 2. The summed E-state index contributed by atoms with van der Waals surface area (Å²) in [4.78, 5) is 11.2. The second-order valence-electron chi connectivity index (χ2n) is 3.80. The molecular formula is C12H16N2O. The maximum atomic E-state index is 11.2. The van der Waals surface area contributed by atoms with Gasteiger partial charge in [-0.3, -0.25) is 4.79 Å². The highest BCUT2D eigenvalue weighted by molar-refractivity contribution is 5.90. The summed E-state index contributed by atoms with van der Waals surface area (Å²) in [6.45, 7) is 2.91. The lowest BCUT2D eigenvalue weighted by atomic mass is 10.0. The van der Waals surface area contributed by atoms with Gasteiger partial charge in [-0.1, -0.05) is 6.92 Å². The third-order valence-electron chi connectivity index (χ3n) is 2.65. The van der Waals surface area contributed by atoms with E-state index in [0.29, 0.717) is 6.42 Å². The normalized spacial score (nSPS) is 13.9. The molecule has 0 radical (unpaired) electrons. The predicted molar refractivity (Wildman–Crippen MR) is 62.2 cm³/mol. The summed E-state index contributed by atoms with van der Waals surface area (Å²) < 4.78 is 0. The van der Waals surface area contributed by atoms with Gasteiger partial charge >= 0.3 is 0 Å².